The quantitative estimate of drug-likeness (QED) is 0.502. The maximum atomic E-state index is 13.9. The molecule has 2 aliphatic rings. The summed E-state index contributed by atoms with van der Waals surface area (Å²) in [6, 6.07) is 7.88. The largest absolute Gasteiger partial charge is 0.492 e. The highest BCUT2D eigenvalue weighted by molar-refractivity contribution is 6.35. The number of amides is 1. The van der Waals surface area contributed by atoms with Gasteiger partial charge in [0, 0.05) is 41.3 Å². The van der Waals surface area contributed by atoms with Crippen LogP contribution in [0.25, 0.3) is 0 Å². The van der Waals surface area contributed by atoms with Gasteiger partial charge < -0.3 is 15.4 Å². The number of likely N-dealkylation sites (tertiary alicyclic amines) is 2. The van der Waals surface area contributed by atoms with Crippen molar-refractivity contribution in [2.75, 3.05) is 45.9 Å². The van der Waals surface area contributed by atoms with E-state index in [1.807, 2.05) is 19.1 Å². The number of piperidine rings is 2. The highest BCUT2D eigenvalue weighted by Crippen LogP contribution is 2.36. The summed E-state index contributed by atoms with van der Waals surface area (Å²) in [7, 11) is 0. The Morgan fingerprint density at radius 3 is 2.31 bits per heavy atom. The monoisotopic (exact) mass is 541 g/mol. The van der Waals surface area contributed by atoms with Gasteiger partial charge in [0.2, 0.25) is 5.91 Å². The number of nitrogens with two attached hydrogens (primary N) is 1. The zero-order valence-electron chi connectivity index (χ0n) is 20.7. The smallest absolute Gasteiger partial charge is 0.236 e. The van der Waals surface area contributed by atoms with Gasteiger partial charge in [0.15, 0.2) is 11.6 Å². The van der Waals surface area contributed by atoms with Crippen molar-refractivity contribution in [3.8, 4) is 5.75 Å². The van der Waals surface area contributed by atoms with Crippen LogP contribution in [-0.2, 0) is 4.79 Å². The van der Waals surface area contributed by atoms with E-state index in [0.29, 0.717) is 48.9 Å². The molecule has 0 unspecified atom stereocenters. The third-order valence-electron chi connectivity index (χ3n) is 6.76. The average Bonchev–Trinajstić information content (AvgIpc) is 2.89. The third kappa shape index (κ3) is 8.30. The lowest BCUT2D eigenvalue weighted by Gasteiger charge is -2.33. The van der Waals surface area contributed by atoms with E-state index in [0.717, 1.165) is 36.3 Å². The highest BCUT2D eigenvalue weighted by atomic mass is 35.5. The first-order valence-corrected chi connectivity index (χ1v) is 13.3. The number of rotatable bonds is 6. The molecule has 2 N–H and O–H groups in total. The van der Waals surface area contributed by atoms with Gasteiger partial charge >= 0.3 is 0 Å². The van der Waals surface area contributed by atoms with Crippen LogP contribution in [-0.4, -0.2) is 61.6 Å². The Bertz CT molecular complexity index is 1010. The summed E-state index contributed by atoms with van der Waals surface area (Å²) < 4.78 is 33.5. The minimum absolute atomic E-state index is 0.000699. The topological polar surface area (TPSA) is 58.8 Å². The lowest BCUT2D eigenvalue weighted by molar-refractivity contribution is -0.130. The van der Waals surface area contributed by atoms with Crippen LogP contribution in [0.1, 0.15) is 49.1 Å². The van der Waals surface area contributed by atoms with Gasteiger partial charge in [-0.15, -0.1) is 0 Å². The van der Waals surface area contributed by atoms with Gasteiger partial charge in [-0.2, -0.15) is 0 Å². The zero-order chi connectivity index (χ0) is 26.1. The summed E-state index contributed by atoms with van der Waals surface area (Å²) in [5.41, 5.74) is 7.18. The van der Waals surface area contributed by atoms with Crippen molar-refractivity contribution in [2.45, 2.75) is 44.9 Å². The van der Waals surface area contributed by atoms with Crippen LogP contribution >= 0.6 is 23.2 Å². The second kappa shape index (κ2) is 14.1. The van der Waals surface area contributed by atoms with E-state index >= 15 is 0 Å². The van der Waals surface area contributed by atoms with E-state index in [4.69, 9.17) is 33.7 Å². The van der Waals surface area contributed by atoms with Gasteiger partial charge in [-0.25, -0.2) is 8.78 Å². The lowest BCUT2D eigenvalue weighted by Crippen LogP contribution is -2.41. The summed E-state index contributed by atoms with van der Waals surface area (Å²) in [5.74, 6) is -1.34. The van der Waals surface area contributed by atoms with Crippen molar-refractivity contribution in [3.05, 3.63) is 63.1 Å². The van der Waals surface area contributed by atoms with Crippen molar-refractivity contribution in [2.24, 2.45) is 5.73 Å². The SMILES string of the molecule is Cc1ccc(Cl)cc1Cl.NCC(=O)N1CCC(c2cc(F)c(F)cc2OCCN2CCCCC2)CC1. The fourth-order valence-electron chi connectivity index (χ4n) is 4.59. The van der Waals surface area contributed by atoms with E-state index in [-0.39, 0.29) is 18.4 Å². The fraction of sp³-hybridized carbons (Fsp3) is 0.519. The molecule has 0 radical (unpaired) electrons. The van der Waals surface area contributed by atoms with Crippen LogP contribution in [0, 0.1) is 18.6 Å². The molecule has 2 fully saturated rings. The first-order chi connectivity index (χ1) is 17.3. The van der Waals surface area contributed by atoms with E-state index < -0.39 is 11.6 Å². The number of hydrogen-bond donors (Lipinski definition) is 1. The van der Waals surface area contributed by atoms with Crippen molar-refractivity contribution in [1.82, 2.24) is 9.80 Å². The number of aryl methyl sites for hydroxylation is 1. The Kier molecular flexibility index (Phi) is 11.2. The number of ether oxygens (including phenoxy) is 1. The summed E-state index contributed by atoms with van der Waals surface area (Å²) in [6.45, 7) is 6.49. The first kappa shape index (κ1) is 28.6. The van der Waals surface area contributed by atoms with Crippen LogP contribution < -0.4 is 10.5 Å². The number of nitrogens with zero attached hydrogens (tertiary/aromatic N) is 2. The van der Waals surface area contributed by atoms with Crippen molar-refractivity contribution >= 4 is 29.1 Å². The van der Waals surface area contributed by atoms with E-state index in [2.05, 4.69) is 4.90 Å². The van der Waals surface area contributed by atoms with Gasteiger partial charge in [0.1, 0.15) is 12.4 Å². The molecule has 36 heavy (non-hydrogen) atoms. The Balaban J connectivity index is 0.000000338. The second-order valence-corrected chi connectivity index (χ2v) is 10.2. The molecule has 2 saturated heterocycles. The first-order valence-electron chi connectivity index (χ1n) is 12.5. The number of carbonyl (C=O) groups is 1. The van der Waals surface area contributed by atoms with Gasteiger partial charge in [0.25, 0.3) is 0 Å². The molecule has 5 nitrogen and oxygen atoms in total. The fourth-order valence-corrected chi connectivity index (χ4v) is 5.00. The Morgan fingerprint density at radius 2 is 1.69 bits per heavy atom. The molecule has 1 amide bonds. The van der Waals surface area contributed by atoms with Gasteiger partial charge in [-0.3, -0.25) is 9.69 Å². The predicted molar refractivity (Wildman–Crippen MR) is 141 cm³/mol. The van der Waals surface area contributed by atoms with E-state index in [1.54, 1.807) is 11.0 Å². The summed E-state index contributed by atoms with van der Waals surface area (Å²) >= 11 is 11.4. The standard InChI is InChI=1S/C20H29F2N3O2.C7H6Cl2/c21-17-12-16(15-4-8-25(9-5-15)20(26)14-23)19(13-18(17)22)27-11-10-24-6-2-1-3-7-24;1-5-2-3-6(8)4-7(5)9/h12-13,15H,1-11,14,23H2;2-4H,1H3. The van der Waals surface area contributed by atoms with Crippen LogP contribution in [0.4, 0.5) is 8.78 Å². The molecule has 0 saturated carbocycles. The predicted octanol–water partition coefficient (Wildman–Crippen LogP) is 5.80. The number of carbonyl (C=O) groups excluding carboxylic acids is 1. The molecule has 2 heterocycles. The van der Waals surface area contributed by atoms with E-state index in [1.165, 1.54) is 25.3 Å². The van der Waals surface area contributed by atoms with Crippen molar-refractivity contribution in [3.63, 3.8) is 0 Å². The molecule has 2 aromatic rings. The highest BCUT2D eigenvalue weighted by Gasteiger charge is 2.26. The second-order valence-electron chi connectivity index (χ2n) is 9.31. The van der Waals surface area contributed by atoms with Crippen molar-refractivity contribution in [1.29, 1.82) is 0 Å². The molecule has 2 aromatic carbocycles. The molecule has 9 heteroatoms. The maximum Gasteiger partial charge on any atom is 0.236 e. The average molecular weight is 542 g/mol. The molecular formula is C27H35Cl2F2N3O2. The van der Waals surface area contributed by atoms with Crippen LogP contribution in [0.3, 0.4) is 0 Å². The molecule has 4 rings (SSSR count). The minimum Gasteiger partial charge on any atom is -0.492 e. The van der Waals surface area contributed by atoms with Gasteiger partial charge in [-0.1, -0.05) is 35.7 Å². The number of benzene rings is 2. The molecular weight excluding hydrogens is 507 g/mol. The van der Waals surface area contributed by atoms with Crippen LogP contribution in [0.2, 0.25) is 10.0 Å². The normalized spacial score (nSPS) is 16.9. The van der Waals surface area contributed by atoms with E-state index in [9.17, 15) is 13.6 Å². The van der Waals surface area contributed by atoms with Crippen molar-refractivity contribution < 1.29 is 18.3 Å². The van der Waals surface area contributed by atoms with Crippen LogP contribution in [0.5, 0.6) is 5.75 Å². The van der Waals surface area contributed by atoms with Crippen LogP contribution in [0.15, 0.2) is 30.3 Å². The molecule has 2 aliphatic heterocycles. The molecule has 198 valence electrons. The van der Waals surface area contributed by atoms with Gasteiger partial charge in [0.05, 0.1) is 6.54 Å². The number of halogens is 4. The van der Waals surface area contributed by atoms with Gasteiger partial charge in [-0.05, 0) is 75.4 Å². The Morgan fingerprint density at radius 1 is 1.03 bits per heavy atom. The third-order valence-corrected chi connectivity index (χ3v) is 7.40. The molecule has 0 atom stereocenters. The molecule has 0 spiro atoms. The molecule has 0 aromatic heterocycles. The Labute approximate surface area is 222 Å². The minimum atomic E-state index is -0.887. The summed E-state index contributed by atoms with van der Waals surface area (Å²) in [6.07, 6.45) is 5.07. The zero-order valence-corrected chi connectivity index (χ0v) is 22.3. The Hall–Kier alpha value is -1.93. The molecule has 0 aliphatic carbocycles. The molecule has 0 bridgehead atoms. The summed E-state index contributed by atoms with van der Waals surface area (Å²) in [5, 5.41) is 1.41. The lowest BCUT2D eigenvalue weighted by atomic mass is 9.88. The number of hydrogen-bond acceptors (Lipinski definition) is 4. The summed E-state index contributed by atoms with van der Waals surface area (Å²) in [4.78, 5) is 15.8. The maximum absolute atomic E-state index is 13.9.